The molecule has 5 nitrogen and oxygen atoms in total. The molecule has 0 aliphatic heterocycles. The van der Waals surface area contributed by atoms with Gasteiger partial charge in [-0.25, -0.2) is 4.39 Å². The van der Waals surface area contributed by atoms with Gasteiger partial charge in [-0.2, -0.15) is 0 Å². The van der Waals surface area contributed by atoms with Crippen LogP contribution in [0.5, 0.6) is 5.75 Å². The summed E-state index contributed by atoms with van der Waals surface area (Å²) in [5.41, 5.74) is 1.88. The molecule has 1 N–H and O–H groups in total. The number of carbonyl (C=O) groups is 2. The minimum Gasteiger partial charge on any atom is -0.484 e. The maximum atomic E-state index is 13.4. The molecule has 0 aromatic heterocycles. The molecule has 3 aromatic rings. The van der Waals surface area contributed by atoms with Gasteiger partial charge in [0.15, 0.2) is 6.61 Å². The predicted octanol–water partition coefficient (Wildman–Crippen LogP) is 4.76. The summed E-state index contributed by atoms with van der Waals surface area (Å²) in [7, 11) is 0. The molecule has 3 rings (SSSR count). The summed E-state index contributed by atoms with van der Waals surface area (Å²) in [5, 5.41) is 2.99. The zero-order valence-electron chi connectivity index (χ0n) is 19.5. The van der Waals surface area contributed by atoms with Gasteiger partial charge in [0.05, 0.1) is 0 Å². The van der Waals surface area contributed by atoms with Crippen LogP contribution in [0.3, 0.4) is 0 Å². The number of nitrogens with zero attached hydrogens (tertiary/aromatic N) is 1. The number of carbonyl (C=O) groups excluding carboxylic acids is 2. The van der Waals surface area contributed by atoms with Crippen molar-refractivity contribution in [2.24, 2.45) is 0 Å². The number of nitrogens with one attached hydrogen (secondary N) is 1. The molecule has 6 heteroatoms. The van der Waals surface area contributed by atoms with E-state index in [-0.39, 0.29) is 30.8 Å². The zero-order chi connectivity index (χ0) is 24.2. The van der Waals surface area contributed by atoms with Gasteiger partial charge in [0.2, 0.25) is 5.91 Å². The van der Waals surface area contributed by atoms with Crippen LogP contribution >= 0.6 is 0 Å². The second-order valence-corrected chi connectivity index (χ2v) is 8.10. The van der Waals surface area contributed by atoms with E-state index >= 15 is 0 Å². The lowest BCUT2D eigenvalue weighted by molar-refractivity contribution is -0.142. The van der Waals surface area contributed by atoms with Gasteiger partial charge in [0.25, 0.3) is 5.91 Å². The topological polar surface area (TPSA) is 58.6 Å². The second kappa shape index (κ2) is 13.1. The van der Waals surface area contributed by atoms with Gasteiger partial charge in [-0.05, 0) is 41.8 Å². The molecule has 1 atom stereocenters. The Bertz CT molecular complexity index is 1030. The molecule has 0 spiro atoms. The van der Waals surface area contributed by atoms with Crippen LogP contribution in [0.2, 0.25) is 0 Å². The highest BCUT2D eigenvalue weighted by molar-refractivity contribution is 5.88. The fourth-order valence-corrected chi connectivity index (χ4v) is 3.60. The molecule has 34 heavy (non-hydrogen) atoms. The SMILES string of the molecule is CCCCNC(=O)[C@H](Cc1ccccc1)N(Cc1ccccc1)C(=O)COc1ccc(F)cc1. The lowest BCUT2D eigenvalue weighted by Gasteiger charge is -2.31. The fourth-order valence-electron chi connectivity index (χ4n) is 3.60. The minimum atomic E-state index is -0.705. The van der Waals surface area contributed by atoms with Crippen LogP contribution in [0.1, 0.15) is 30.9 Å². The standard InChI is InChI=1S/C28H31FN2O3/c1-2-3-18-30-28(33)26(19-22-10-6-4-7-11-22)31(20-23-12-8-5-9-13-23)27(32)21-34-25-16-14-24(29)15-17-25/h4-17,26H,2-3,18-21H2,1H3,(H,30,33)/t26-/m0/s1. The van der Waals surface area contributed by atoms with Crippen LogP contribution in [0.4, 0.5) is 4.39 Å². The second-order valence-electron chi connectivity index (χ2n) is 8.10. The van der Waals surface area contributed by atoms with E-state index in [9.17, 15) is 14.0 Å². The van der Waals surface area contributed by atoms with E-state index in [2.05, 4.69) is 12.2 Å². The summed E-state index contributed by atoms with van der Waals surface area (Å²) in [5.74, 6) is -0.499. The summed E-state index contributed by atoms with van der Waals surface area (Å²) < 4.78 is 18.8. The first-order valence-corrected chi connectivity index (χ1v) is 11.6. The van der Waals surface area contributed by atoms with Gasteiger partial charge in [-0.15, -0.1) is 0 Å². The van der Waals surface area contributed by atoms with Crippen LogP contribution in [0.15, 0.2) is 84.9 Å². The first-order valence-electron chi connectivity index (χ1n) is 11.6. The Balaban J connectivity index is 1.85. The Morgan fingerprint density at radius 1 is 0.912 bits per heavy atom. The van der Waals surface area contributed by atoms with Crippen LogP contribution in [-0.4, -0.2) is 35.9 Å². The van der Waals surface area contributed by atoms with Crippen molar-refractivity contribution in [1.82, 2.24) is 10.2 Å². The first kappa shape index (κ1) is 25.0. The maximum absolute atomic E-state index is 13.4. The molecule has 0 fully saturated rings. The average molecular weight is 463 g/mol. The largest absolute Gasteiger partial charge is 0.484 e. The van der Waals surface area contributed by atoms with Crippen molar-refractivity contribution in [2.75, 3.05) is 13.2 Å². The van der Waals surface area contributed by atoms with E-state index in [1.54, 1.807) is 4.90 Å². The molecular formula is C28H31FN2O3. The van der Waals surface area contributed by atoms with Gasteiger partial charge in [0.1, 0.15) is 17.6 Å². The first-order chi connectivity index (χ1) is 16.6. The zero-order valence-corrected chi connectivity index (χ0v) is 19.5. The maximum Gasteiger partial charge on any atom is 0.261 e. The molecule has 3 aromatic carbocycles. The van der Waals surface area contributed by atoms with Crippen LogP contribution in [0.25, 0.3) is 0 Å². The number of halogens is 1. The van der Waals surface area contributed by atoms with Gasteiger partial charge in [0, 0.05) is 19.5 Å². The summed E-state index contributed by atoms with van der Waals surface area (Å²) >= 11 is 0. The summed E-state index contributed by atoms with van der Waals surface area (Å²) in [6.45, 7) is 2.63. The Morgan fingerprint density at radius 2 is 1.53 bits per heavy atom. The Labute approximate surface area is 200 Å². The smallest absolute Gasteiger partial charge is 0.261 e. The summed E-state index contributed by atoms with van der Waals surface area (Å²) in [4.78, 5) is 28.3. The minimum absolute atomic E-state index is 0.191. The van der Waals surface area contributed by atoms with E-state index in [1.165, 1.54) is 24.3 Å². The van der Waals surface area contributed by atoms with Crippen LogP contribution < -0.4 is 10.1 Å². The molecule has 2 amide bonds. The van der Waals surface area contributed by atoms with E-state index in [4.69, 9.17) is 4.74 Å². The highest BCUT2D eigenvalue weighted by Gasteiger charge is 2.30. The van der Waals surface area contributed by atoms with Gasteiger partial charge < -0.3 is 15.0 Å². The molecule has 0 saturated carbocycles. The highest BCUT2D eigenvalue weighted by atomic mass is 19.1. The number of amides is 2. The van der Waals surface area contributed by atoms with Crippen molar-refractivity contribution >= 4 is 11.8 Å². The molecular weight excluding hydrogens is 431 g/mol. The molecule has 0 saturated heterocycles. The number of ether oxygens (including phenoxy) is 1. The van der Waals surface area contributed by atoms with E-state index < -0.39 is 6.04 Å². The fraction of sp³-hybridized carbons (Fsp3) is 0.286. The number of benzene rings is 3. The third kappa shape index (κ3) is 7.73. The van der Waals surface area contributed by atoms with Crippen molar-refractivity contribution in [3.63, 3.8) is 0 Å². The molecule has 0 radical (unpaired) electrons. The average Bonchev–Trinajstić information content (AvgIpc) is 2.87. The quantitative estimate of drug-likeness (QED) is 0.395. The molecule has 0 aliphatic carbocycles. The van der Waals surface area contributed by atoms with E-state index in [1.807, 2.05) is 60.7 Å². The molecule has 0 heterocycles. The van der Waals surface area contributed by atoms with Crippen LogP contribution in [0, 0.1) is 5.82 Å². The van der Waals surface area contributed by atoms with Crippen molar-refractivity contribution in [1.29, 1.82) is 0 Å². The number of unbranched alkanes of at least 4 members (excludes halogenated alkanes) is 1. The summed E-state index contributed by atoms with van der Waals surface area (Å²) in [6, 6.07) is 24.0. The Kier molecular flexibility index (Phi) is 9.65. The van der Waals surface area contributed by atoms with Crippen molar-refractivity contribution < 1.29 is 18.7 Å². The third-order valence-electron chi connectivity index (χ3n) is 5.47. The van der Waals surface area contributed by atoms with Gasteiger partial charge in [-0.1, -0.05) is 74.0 Å². The number of hydrogen-bond acceptors (Lipinski definition) is 3. The molecule has 0 aliphatic rings. The van der Waals surface area contributed by atoms with E-state index in [0.29, 0.717) is 18.7 Å². The molecule has 178 valence electrons. The van der Waals surface area contributed by atoms with Crippen LogP contribution in [-0.2, 0) is 22.6 Å². The Morgan fingerprint density at radius 3 is 2.15 bits per heavy atom. The highest BCUT2D eigenvalue weighted by Crippen LogP contribution is 2.16. The third-order valence-corrected chi connectivity index (χ3v) is 5.47. The number of rotatable bonds is 12. The molecule has 0 bridgehead atoms. The molecule has 0 unspecified atom stereocenters. The van der Waals surface area contributed by atoms with E-state index in [0.717, 1.165) is 24.0 Å². The lowest BCUT2D eigenvalue weighted by atomic mass is 10.0. The normalized spacial score (nSPS) is 11.5. The van der Waals surface area contributed by atoms with Crippen molar-refractivity contribution in [2.45, 2.75) is 38.8 Å². The monoisotopic (exact) mass is 462 g/mol. The van der Waals surface area contributed by atoms with Gasteiger partial charge >= 0.3 is 0 Å². The lowest BCUT2D eigenvalue weighted by Crippen LogP contribution is -2.51. The van der Waals surface area contributed by atoms with Crippen molar-refractivity contribution in [3.05, 3.63) is 102 Å². The summed E-state index contributed by atoms with van der Waals surface area (Å²) in [6.07, 6.45) is 2.21. The number of hydrogen-bond donors (Lipinski definition) is 1. The van der Waals surface area contributed by atoms with Gasteiger partial charge in [-0.3, -0.25) is 9.59 Å². The van der Waals surface area contributed by atoms with Crippen molar-refractivity contribution in [3.8, 4) is 5.75 Å². The Hall–Kier alpha value is -3.67. The predicted molar refractivity (Wildman–Crippen MR) is 131 cm³/mol.